The Bertz CT molecular complexity index is 911. The molecule has 1 aromatic heterocycles. The fourth-order valence-electron chi connectivity index (χ4n) is 3.35. The summed E-state index contributed by atoms with van der Waals surface area (Å²) in [5.41, 5.74) is 1.10. The van der Waals surface area contributed by atoms with Gasteiger partial charge in [-0.15, -0.1) is 0 Å². The SMILES string of the molecule is Cc1nn(CC(F)(F)F)c(C)c1C1COCCN1S(=O)(=O)c1ccccc1. The molecule has 0 spiro atoms. The minimum atomic E-state index is -4.42. The molecular weight excluding hydrogens is 383 g/mol. The molecule has 0 saturated carbocycles. The normalized spacial score (nSPS) is 19.4. The topological polar surface area (TPSA) is 64.4 Å². The van der Waals surface area contributed by atoms with Crippen LogP contribution in [0.4, 0.5) is 13.2 Å². The van der Waals surface area contributed by atoms with Gasteiger partial charge in [0.05, 0.1) is 29.8 Å². The molecule has 6 nitrogen and oxygen atoms in total. The number of halogens is 3. The number of aromatic nitrogens is 2. The van der Waals surface area contributed by atoms with Crippen LogP contribution in [0, 0.1) is 13.8 Å². The van der Waals surface area contributed by atoms with E-state index in [9.17, 15) is 21.6 Å². The number of rotatable bonds is 4. The van der Waals surface area contributed by atoms with Crippen LogP contribution in [0.5, 0.6) is 0 Å². The lowest BCUT2D eigenvalue weighted by molar-refractivity contribution is -0.143. The zero-order chi connectivity index (χ0) is 19.8. The highest BCUT2D eigenvalue weighted by molar-refractivity contribution is 7.89. The van der Waals surface area contributed by atoms with Crippen LogP contribution in [0.15, 0.2) is 35.2 Å². The van der Waals surface area contributed by atoms with Gasteiger partial charge in [-0.1, -0.05) is 18.2 Å². The molecule has 2 aromatic rings. The van der Waals surface area contributed by atoms with Gasteiger partial charge in [-0.05, 0) is 26.0 Å². The van der Waals surface area contributed by atoms with Crippen molar-refractivity contribution in [2.75, 3.05) is 19.8 Å². The van der Waals surface area contributed by atoms with E-state index >= 15 is 0 Å². The van der Waals surface area contributed by atoms with Crippen LogP contribution in [-0.2, 0) is 21.3 Å². The predicted octanol–water partition coefficient (Wildman–Crippen LogP) is 2.82. The van der Waals surface area contributed by atoms with E-state index in [4.69, 9.17) is 4.74 Å². The first kappa shape index (κ1) is 19.8. The molecular formula is C17H20F3N3O3S. The highest BCUT2D eigenvalue weighted by Gasteiger charge is 2.38. The fraction of sp³-hybridized carbons (Fsp3) is 0.471. The lowest BCUT2D eigenvalue weighted by atomic mass is 10.0. The molecule has 10 heteroatoms. The Labute approximate surface area is 155 Å². The van der Waals surface area contributed by atoms with Crippen molar-refractivity contribution in [3.05, 3.63) is 47.3 Å². The molecule has 0 aliphatic carbocycles. The molecule has 1 unspecified atom stereocenters. The van der Waals surface area contributed by atoms with Crippen LogP contribution in [0.3, 0.4) is 0 Å². The Kier molecular flexibility index (Phi) is 5.33. The summed E-state index contributed by atoms with van der Waals surface area (Å²) in [5.74, 6) is 0. The summed E-state index contributed by atoms with van der Waals surface area (Å²) in [6.45, 7) is 2.27. The Hall–Kier alpha value is -1.91. The molecule has 0 bridgehead atoms. The Morgan fingerprint density at radius 1 is 1.22 bits per heavy atom. The monoisotopic (exact) mass is 403 g/mol. The van der Waals surface area contributed by atoms with Gasteiger partial charge >= 0.3 is 6.18 Å². The number of aryl methyl sites for hydroxylation is 1. The van der Waals surface area contributed by atoms with E-state index in [-0.39, 0.29) is 30.3 Å². The second-order valence-electron chi connectivity index (χ2n) is 6.38. The largest absolute Gasteiger partial charge is 0.408 e. The van der Waals surface area contributed by atoms with Gasteiger partial charge < -0.3 is 4.74 Å². The summed E-state index contributed by atoms with van der Waals surface area (Å²) in [4.78, 5) is 0.134. The van der Waals surface area contributed by atoms with Crippen molar-refractivity contribution >= 4 is 10.0 Å². The maximum atomic E-state index is 13.1. The second kappa shape index (κ2) is 7.25. The molecule has 1 fully saturated rings. The molecule has 1 saturated heterocycles. The lowest BCUT2D eigenvalue weighted by Gasteiger charge is -2.35. The van der Waals surface area contributed by atoms with Crippen LogP contribution in [-0.4, -0.2) is 48.4 Å². The Morgan fingerprint density at radius 3 is 2.52 bits per heavy atom. The molecule has 0 N–H and O–H groups in total. The van der Waals surface area contributed by atoms with Gasteiger partial charge in [0, 0.05) is 17.8 Å². The van der Waals surface area contributed by atoms with E-state index < -0.39 is 28.8 Å². The van der Waals surface area contributed by atoms with Crippen LogP contribution in [0.25, 0.3) is 0 Å². The summed E-state index contributed by atoms with van der Waals surface area (Å²) in [6, 6.07) is 7.22. The van der Waals surface area contributed by atoms with E-state index in [2.05, 4.69) is 5.10 Å². The minimum Gasteiger partial charge on any atom is -0.378 e. The third-order valence-corrected chi connectivity index (χ3v) is 6.45. The van der Waals surface area contributed by atoms with Gasteiger partial charge in [0.25, 0.3) is 0 Å². The van der Waals surface area contributed by atoms with Gasteiger partial charge in [-0.25, -0.2) is 8.42 Å². The van der Waals surface area contributed by atoms with Crippen molar-refractivity contribution in [2.24, 2.45) is 0 Å². The first-order valence-corrected chi connectivity index (χ1v) is 9.80. The van der Waals surface area contributed by atoms with Crippen LogP contribution in [0.2, 0.25) is 0 Å². The average molecular weight is 403 g/mol. The number of hydrogen-bond donors (Lipinski definition) is 0. The van der Waals surface area contributed by atoms with Gasteiger partial charge in [0.1, 0.15) is 6.54 Å². The van der Waals surface area contributed by atoms with Crippen LogP contribution in [0.1, 0.15) is 23.0 Å². The molecule has 1 aliphatic heterocycles. The van der Waals surface area contributed by atoms with Crippen molar-refractivity contribution < 1.29 is 26.3 Å². The molecule has 1 atom stereocenters. The summed E-state index contributed by atoms with van der Waals surface area (Å²) in [5, 5.41) is 3.98. The molecule has 0 amide bonds. The summed E-state index contributed by atoms with van der Waals surface area (Å²) in [6.07, 6.45) is -4.42. The third kappa shape index (κ3) is 4.02. The maximum absolute atomic E-state index is 13.1. The van der Waals surface area contributed by atoms with Gasteiger partial charge in [0.15, 0.2) is 0 Å². The highest BCUT2D eigenvalue weighted by atomic mass is 32.2. The summed E-state index contributed by atoms with van der Waals surface area (Å²) in [7, 11) is -3.82. The number of alkyl halides is 3. The second-order valence-corrected chi connectivity index (χ2v) is 8.27. The maximum Gasteiger partial charge on any atom is 0.408 e. The van der Waals surface area contributed by atoms with Crippen molar-refractivity contribution in [3.8, 4) is 0 Å². The minimum absolute atomic E-state index is 0.0610. The zero-order valence-corrected chi connectivity index (χ0v) is 15.7. The first-order chi connectivity index (χ1) is 12.6. The molecule has 1 aromatic carbocycles. The molecule has 3 rings (SSSR count). The number of benzene rings is 1. The number of hydrogen-bond acceptors (Lipinski definition) is 4. The van der Waals surface area contributed by atoms with Gasteiger partial charge in [-0.3, -0.25) is 4.68 Å². The van der Waals surface area contributed by atoms with Gasteiger partial charge in [-0.2, -0.15) is 22.6 Å². The third-order valence-electron chi connectivity index (χ3n) is 4.53. The van der Waals surface area contributed by atoms with Gasteiger partial charge in [0.2, 0.25) is 10.0 Å². The number of sulfonamides is 1. The fourth-order valence-corrected chi connectivity index (χ4v) is 4.94. The van der Waals surface area contributed by atoms with Crippen molar-refractivity contribution in [2.45, 2.75) is 37.5 Å². The number of morpholine rings is 1. The standard InChI is InChI=1S/C17H20F3N3O3S/c1-12-16(13(2)22(21-12)11-17(18,19)20)15-10-26-9-8-23(15)27(24,25)14-6-4-3-5-7-14/h3-7,15H,8-11H2,1-2H3. The van der Waals surface area contributed by atoms with E-state index in [0.717, 1.165) is 4.68 Å². The Morgan fingerprint density at radius 2 is 1.89 bits per heavy atom. The lowest BCUT2D eigenvalue weighted by Crippen LogP contribution is -2.43. The molecule has 1 aliphatic rings. The quantitative estimate of drug-likeness (QED) is 0.788. The molecule has 148 valence electrons. The van der Waals surface area contributed by atoms with E-state index in [1.54, 1.807) is 25.1 Å². The predicted molar refractivity (Wildman–Crippen MR) is 91.6 cm³/mol. The van der Waals surface area contributed by atoms with Crippen LogP contribution < -0.4 is 0 Å². The first-order valence-electron chi connectivity index (χ1n) is 8.36. The van der Waals surface area contributed by atoms with Crippen LogP contribution >= 0.6 is 0 Å². The smallest absolute Gasteiger partial charge is 0.378 e. The average Bonchev–Trinajstić information content (AvgIpc) is 2.87. The summed E-state index contributed by atoms with van der Waals surface area (Å²) >= 11 is 0. The van der Waals surface area contributed by atoms with E-state index in [1.165, 1.54) is 23.4 Å². The van der Waals surface area contributed by atoms with E-state index in [1.807, 2.05) is 0 Å². The number of ether oxygens (including phenoxy) is 1. The van der Waals surface area contributed by atoms with Crippen molar-refractivity contribution in [1.82, 2.24) is 14.1 Å². The van der Waals surface area contributed by atoms with E-state index in [0.29, 0.717) is 11.3 Å². The molecule has 2 heterocycles. The molecule has 0 radical (unpaired) electrons. The highest BCUT2D eigenvalue weighted by Crippen LogP contribution is 2.34. The zero-order valence-electron chi connectivity index (χ0n) is 14.9. The van der Waals surface area contributed by atoms with Crippen molar-refractivity contribution in [3.63, 3.8) is 0 Å². The Balaban J connectivity index is 2.02. The summed E-state index contributed by atoms with van der Waals surface area (Å²) < 4.78 is 72.2. The molecule has 27 heavy (non-hydrogen) atoms. The van der Waals surface area contributed by atoms with Crippen molar-refractivity contribution in [1.29, 1.82) is 0 Å². The number of nitrogens with zero attached hydrogens (tertiary/aromatic N) is 3.